The fraction of sp³-hybridized carbons (Fsp3) is 1.00. The molecule has 0 aromatic rings. The molecule has 3 heteroatoms. The lowest BCUT2D eigenvalue weighted by Crippen LogP contribution is -2.46. The first kappa shape index (κ1) is 26.9. The Labute approximate surface area is 172 Å². The molecule has 0 aliphatic rings. The number of hydrogen-bond donors (Lipinski definition) is 0. The quantitative estimate of drug-likeness (QED) is 0.346. The molecule has 0 bridgehead atoms. The summed E-state index contributed by atoms with van der Waals surface area (Å²) in [5.74, 6) is 0. The van der Waals surface area contributed by atoms with Gasteiger partial charge >= 0.3 is 0 Å². The molecule has 0 rings (SSSR count). The van der Waals surface area contributed by atoms with E-state index in [0.29, 0.717) is 16.6 Å². The minimum Gasteiger partial charge on any atom is -0.304 e. The minimum atomic E-state index is 0.291. The first-order chi connectivity index (χ1) is 12.3. The lowest BCUT2D eigenvalue weighted by atomic mass is 9.92. The largest absolute Gasteiger partial charge is 0.304 e. The molecule has 3 nitrogen and oxygen atoms in total. The van der Waals surface area contributed by atoms with E-state index in [4.69, 9.17) is 0 Å². The van der Waals surface area contributed by atoms with Crippen LogP contribution in [0.2, 0.25) is 0 Å². The maximum atomic E-state index is 2.70. The van der Waals surface area contributed by atoms with Gasteiger partial charge in [0, 0.05) is 16.6 Å². The van der Waals surface area contributed by atoms with Gasteiger partial charge in [-0.05, 0) is 121 Å². The molecule has 0 atom stereocenters. The standard InChI is InChI=1S/C24H53N3/c1-12-19-27(22(3,4)5)20-15-14-17-24(8,9)26(13-2)21-16-18-23(6,7)25(10)11/h12-21H2,1-11H3. The number of nitrogens with zero attached hydrogens (tertiary/aromatic N) is 3. The van der Waals surface area contributed by atoms with E-state index in [-0.39, 0.29) is 0 Å². The van der Waals surface area contributed by atoms with Crippen molar-refractivity contribution < 1.29 is 0 Å². The van der Waals surface area contributed by atoms with Crippen LogP contribution in [-0.2, 0) is 0 Å². The van der Waals surface area contributed by atoms with E-state index in [9.17, 15) is 0 Å². The second kappa shape index (κ2) is 11.8. The van der Waals surface area contributed by atoms with Crippen molar-refractivity contribution in [2.45, 2.75) is 117 Å². The van der Waals surface area contributed by atoms with Crippen LogP contribution >= 0.6 is 0 Å². The average molecular weight is 384 g/mol. The molecule has 0 aliphatic heterocycles. The molecule has 0 fully saturated rings. The third kappa shape index (κ3) is 10.3. The summed E-state index contributed by atoms with van der Waals surface area (Å²) in [6.07, 6.45) is 7.70. The van der Waals surface area contributed by atoms with Crippen LogP contribution in [0.15, 0.2) is 0 Å². The number of rotatable bonds is 14. The molecule has 0 N–H and O–H groups in total. The first-order valence-electron chi connectivity index (χ1n) is 11.5. The van der Waals surface area contributed by atoms with Crippen LogP contribution < -0.4 is 0 Å². The van der Waals surface area contributed by atoms with Gasteiger partial charge in [0.15, 0.2) is 0 Å². The van der Waals surface area contributed by atoms with E-state index in [2.05, 4.69) is 91.1 Å². The molecule has 0 aliphatic carbocycles. The molecular formula is C24H53N3. The van der Waals surface area contributed by atoms with Crippen LogP contribution in [-0.4, -0.2) is 71.6 Å². The van der Waals surface area contributed by atoms with E-state index in [1.54, 1.807) is 0 Å². The summed E-state index contributed by atoms with van der Waals surface area (Å²) >= 11 is 0. The van der Waals surface area contributed by atoms with Crippen LogP contribution in [0.3, 0.4) is 0 Å². The number of unbranched alkanes of at least 4 members (excludes halogenated alkanes) is 1. The van der Waals surface area contributed by atoms with Crippen LogP contribution in [0.4, 0.5) is 0 Å². The minimum absolute atomic E-state index is 0.291. The van der Waals surface area contributed by atoms with Gasteiger partial charge in [0.1, 0.15) is 0 Å². The van der Waals surface area contributed by atoms with E-state index in [0.717, 1.165) is 6.54 Å². The third-order valence-electron chi connectivity index (χ3n) is 6.57. The molecule has 0 aromatic heterocycles. The van der Waals surface area contributed by atoms with Gasteiger partial charge in [-0.15, -0.1) is 0 Å². The maximum Gasteiger partial charge on any atom is 0.0153 e. The molecule has 0 unspecified atom stereocenters. The normalized spacial score (nSPS) is 14.0. The van der Waals surface area contributed by atoms with Crippen molar-refractivity contribution in [1.29, 1.82) is 0 Å². The highest BCUT2D eigenvalue weighted by Gasteiger charge is 2.27. The lowest BCUT2D eigenvalue weighted by Gasteiger charge is -2.40. The van der Waals surface area contributed by atoms with E-state index in [1.165, 1.54) is 58.2 Å². The SMILES string of the molecule is CCCN(CCCCC(C)(C)N(CC)CCCC(C)(C)N(C)C)C(C)(C)C. The Bertz CT molecular complexity index is 380. The van der Waals surface area contributed by atoms with Gasteiger partial charge in [-0.3, -0.25) is 9.80 Å². The zero-order chi connectivity index (χ0) is 21.3. The molecule has 0 amide bonds. The van der Waals surface area contributed by atoms with Crippen molar-refractivity contribution in [3.63, 3.8) is 0 Å². The molecule has 164 valence electrons. The highest BCUT2D eigenvalue weighted by Crippen LogP contribution is 2.25. The van der Waals surface area contributed by atoms with Crippen LogP contribution in [0.25, 0.3) is 0 Å². The van der Waals surface area contributed by atoms with Gasteiger partial charge in [0.05, 0.1) is 0 Å². The predicted octanol–water partition coefficient (Wildman–Crippen LogP) is 5.89. The van der Waals surface area contributed by atoms with Gasteiger partial charge in [0.2, 0.25) is 0 Å². The second-order valence-corrected chi connectivity index (χ2v) is 10.8. The summed E-state index contributed by atoms with van der Waals surface area (Å²) in [6, 6.07) is 0. The molecule has 0 saturated heterocycles. The zero-order valence-corrected chi connectivity index (χ0v) is 20.9. The molecule has 0 aromatic carbocycles. The van der Waals surface area contributed by atoms with Gasteiger partial charge in [-0.25, -0.2) is 0 Å². The molecular weight excluding hydrogens is 330 g/mol. The Hall–Kier alpha value is -0.120. The van der Waals surface area contributed by atoms with E-state index in [1.807, 2.05) is 0 Å². The van der Waals surface area contributed by atoms with Gasteiger partial charge in [-0.1, -0.05) is 20.3 Å². The zero-order valence-electron chi connectivity index (χ0n) is 20.9. The Morgan fingerprint density at radius 2 is 1.11 bits per heavy atom. The van der Waals surface area contributed by atoms with Gasteiger partial charge in [-0.2, -0.15) is 0 Å². The molecule has 0 radical (unpaired) electrons. The molecule has 0 heterocycles. The lowest BCUT2D eigenvalue weighted by molar-refractivity contribution is 0.0959. The summed E-state index contributed by atoms with van der Waals surface area (Å²) in [6.45, 7) is 26.1. The van der Waals surface area contributed by atoms with Crippen LogP contribution in [0.1, 0.15) is 101 Å². The second-order valence-electron chi connectivity index (χ2n) is 10.8. The molecule has 0 saturated carbocycles. The van der Waals surface area contributed by atoms with E-state index < -0.39 is 0 Å². The summed E-state index contributed by atoms with van der Waals surface area (Å²) < 4.78 is 0. The Morgan fingerprint density at radius 3 is 1.56 bits per heavy atom. The smallest absolute Gasteiger partial charge is 0.0153 e. The third-order valence-corrected chi connectivity index (χ3v) is 6.57. The summed E-state index contributed by atoms with van der Waals surface area (Å²) in [4.78, 5) is 7.71. The maximum absolute atomic E-state index is 2.70. The van der Waals surface area contributed by atoms with Crippen molar-refractivity contribution in [3.8, 4) is 0 Å². The monoisotopic (exact) mass is 383 g/mol. The van der Waals surface area contributed by atoms with Crippen LogP contribution in [0, 0.1) is 0 Å². The van der Waals surface area contributed by atoms with Crippen LogP contribution in [0.5, 0.6) is 0 Å². The van der Waals surface area contributed by atoms with Crippen molar-refractivity contribution in [1.82, 2.24) is 14.7 Å². The highest BCUT2D eigenvalue weighted by molar-refractivity contribution is 4.83. The Morgan fingerprint density at radius 1 is 0.593 bits per heavy atom. The number of hydrogen-bond acceptors (Lipinski definition) is 3. The fourth-order valence-corrected chi connectivity index (χ4v) is 3.89. The van der Waals surface area contributed by atoms with Crippen molar-refractivity contribution >= 4 is 0 Å². The summed E-state index contributed by atoms with van der Waals surface area (Å²) in [5, 5.41) is 0. The first-order valence-corrected chi connectivity index (χ1v) is 11.5. The topological polar surface area (TPSA) is 9.72 Å². The molecule has 27 heavy (non-hydrogen) atoms. The van der Waals surface area contributed by atoms with Gasteiger partial charge < -0.3 is 4.90 Å². The van der Waals surface area contributed by atoms with Crippen molar-refractivity contribution in [2.75, 3.05) is 40.3 Å². The summed E-state index contributed by atoms with van der Waals surface area (Å²) in [5.41, 5.74) is 0.883. The van der Waals surface area contributed by atoms with Gasteiger partial charge in [0.25, 0.3) is 0 Å². The molecule has 0 spiro atoms. The van der Waals surface area contributed by atoms with Crippen molar-refractivity contribution in [3.05, 3.63) is 0 Å². The average Bonchev–Trinajstić information content (AvgIpc) is 2.53. The Kier molecular flexibility index (Phi) is 11.7. The van der Waals surface area contributed by atoms with E-state index >= 15 is 0 Å². The fourth-order valence-electron chi connectivity index (χ4n) is 3.89. The summed E-state index contributed by atoms with van der Waals surface area (Å²) in [7, 11) is 4.39. The highest BCUT2D eigenvalue weighted by atomic mass is 15.2. The van der Waals surface area contributed by atoms with Crippen molar-refractivity contribution in [2.24, 2.45) is 0 Å². The predicted molar refractivity (Wildman–Crippen MR) is 124 cm³/mol. The Balaban J connectivity index is 4.44.